The fraction of sp³-hybridized carbons (Fsp3) is 0.455. The molecule has 70 valence electrons. The molecule has 2 nitrogen and oxygen atoms in total. The molecule has 1 N–H and O–H groups in total. The molecule has 0 radical (unpaired) electrons. The minimum absolute atomic E-state index is 0.564. The summed E-state index contributed by atoms with van der Waals surface area (Å²) >= 11 is 0. The Morgan fingerprint density at radius 2 is 2.08 bits per heavy atom. The summed E-state index contributed by atoms with van der Waals surface area (Å²) in [5, 5.41) is 3.40. The lowest BCUT2D eigenvalue weighted by Crippen LogP contribution is -2.43. The first-order valence-electron chi connectivity index (χ1n) is 4.84. The Balaban J connectivity index is 2.37. The van der Waals surface area contributed by atoms with E-state index in [1.165, 1.54) is 11.3 Å². The molecule has 0 bridgehead atoms. The van der Waals surface area contributed by atoms with E-state index in [0.29, 0.717) is 6.04 Å². The van der Waals surface area contributed by atoms with Gasteiger partial charge in [0.2, 0.25) is 0 Å². The summed E-state index contributed by atoms with van der Waals surface area (Å²) < 4.78 is 0. The highest BCUT2D eigenvalue weighted by atomic mass is 15.3. The standard InChI is InChI=1S/C11H16N2/c1-9(2)13-8-12-7-10-5-3-4-6-11(10)13/h3-6,9,12H,7-8H2,1-2H3. The van der Waals surface area contributed by atoms with Crippen molar-refractivity contribution in [1.29, 1.82) is 0 Å². The molecular formula is C11H16N2. The van der Waals surface area contributed by atoms with Crippen molar-refractivity contribution < 1.29 is 0 Å². The van der Waals surface area contributed by atoms with Crippen molar-refractivity contribution in [3.63, 3.8) is 0 Å². The number of fused-ring (bicyclic) bond motifs is 1. The van der Waals surface area contributed by atoms with Crippen LogP contribution in [0, 0.1) is 0 Å². The van der Waals surface area contributed by atoms with Gasteiger partial charge in [-0.05, 0) is 25.5 Å². The van der Waals surface area contributed by atoms with Gasteiger partial charge in [-0.25, -0.2) is 0 Å². The molecular weight excluding hydrogens is 160 g/mol. The zero-order valence-corrected chi connectivity index (χ0v) is 8.25. The van der Waals surface area contributed by atoms with E-state index in [1.807, 2.05) is 0 Å². The molecule has 1 aliphatic heterocycles. The zero-order chi connectivity index (χ0) is 9.26. The van der Waals surface area contributed by atoms with Crippen LogP contribution >= 0.6 is 0 Å². The molecule has 0 fully saturated rings. The lowest BCUT2D eigenvalue weighted by molar-refractivity contribution is 0.569. The van der Waals surface area contributed by atoms with Crippen LogP contribution in [-0.2, 0) is 6.54 Å². The smallest absolute Gasteiger partial charge is 0.0687 e. The van der Waals surface area contributed by atoms with E-state index < -0.39 is 0 Å². The Hall–Kier alpha value is -1.02. The van der Waals surface area contributed by atoms with E-state index in [1.54, 1.807) is 0 Å². The predicted molar refractivity (Wildman–Crippen MR) is 55.8 cm³/mol. The van der Waals surface area contributed by atoms with Gasteiger partial charge in [0.1, 0.15) is 0 Å². The second-order valence-corrected chi connectivity index (χ2v) is 3.78. The van der Waals surface area contributed by atoms with Gasteiger partial charge in [0, 0.05) is 18.3 Å². The van der Waals surface area contributed by atoms with Crippen LogP contribution in [0.4, 0.5) is 5.69 Å². The van der Waals surface area contributed by atoms with Gasteiger partial charge in [-0.2, -0.15) is 0 Å². The monoisotopic (exact) mass is 176 g/mol. The summed E-state index contributed by atoms with van der Waals surface area (Å²) in [5.74, 6) is 0. The average Bonchev–Trinajstić information content (AvgIpc) is 2.17. The molecule has 0 aliphatic carbocycles. The first-order valence-corrected chi connectivity index (χ1v) is 4.84. The van der Waals surface area contributed by atoms with Crippen molar-refractivity contribution >= 4 is 5.69 Å². The predicted octanol–water partition coefficient (Wildman–Crippen LogP) is 1.96. The van der Waals surface area contributed by atoms with E-state index in [9.17, 15) is 0 Å². The molecule has 1 heterocycles. The summed E-state index contributed by atoms with van der Waals surface area (Å²) in [6, 6.07) is 9.17. The fourth-order valence-electron chi connectivity index (χ4n) is 1.80. The van der Waals surface area contributed by atoms with Crippen LogP contribution in [0.3, 0.4) is 0 Å². The quantitative estimate of drug-likeness (QED) is 0.703. The molecule has 0 saturated carbocycles. The van der Waals surface area contributed by atoms with Crippen molar-refractivity contribution in [3.8, 4) is 0 Å². The van der Waals surface area contributed by atoms with Gasteiger partial charge >= 0.3 is 0 Å². The lowest BCUT2D eigenvalue weighted by Gasteiger charge is -2.35. The van der Waals surface area contributed by atoms with Crippen molar-refractivity contribution in [1.82, 2.24) is 5.32 Å². The number of hydrogen-bond acceptors (Lipinski definition) is 2. The molecule has 2 heteroatoms. The molecule has 0 aromatic heterocycles. The van der Waals surface area contributed by atoms with E-state index in [2.05, 4.69) is 48.3 Å². The van der Waals surface area contributed by atoms with Gasteiger partial charge in [0.25, 0.3) is 0 Å². The maximum absolute atomic E-state index is 3.40. The largest absolute Gasteiger partial charge is 0.356 e. The zero-order valence-electron chi connectivity index (χ0n) is 8.25. The van der Waals surface area contributed by atoms with Gasteiger partial charge in [-0.3, -0.25) is 5.32 Å². The van der Waals surface area contributed by atoms with E-state index >= 15 is 0 Å². The second kappa shape index (κ2) is 3.38. The maximum atomic E-state index is 3.40. The van der Waals surface area contributed by atoms with Crippen molar-refractivity contribution in [3.05, 3.63) is 29.8 Å². The average molecular weight is 176 g/mol. The molecule has 0 unspecified atom stereocenters. The summed E-state index contributed by atoms with van der Waals surface area (Å²) in [4.78, 5) is 2.39. The van der Waals surface area contributed by atoms with Crippen LogP contribution in [0.1, 0.15) is 19.4 Å². The third kappa shape index (κ3) is 1.54. The Bertz CT molecular complexity index is 294. The third-order valence-corrected chi connectivity index (χ3v) is 2.52. The molecule has 1 aromatic carbocycles. The number of nitrogens with one attached hydrogen (secondary N) is 1. The number of rotatable bonds is 1. The van der Waals surface area contributed by atoms with Crippen LogP contribution in [-0.4, -0.2) is 12.7 Å². The minimum atomic E-state index is 0.564. The van der Waals surface area contributed by atoms with Crippen LogP contribution < -0.4 is 10.2 Å². The van der Waals surface area contributed by atoms with Crippen LogP contribution in [0.2, 0.25) is 0 Å². The van der Waals surface area contributed by atoms with Gasteiger partial charge in [-0.15, -0.1) is 0 Å². The first kappa shape index (κ1) is 8.57. The minimum Gasteiger partial charge on any atom is -0.356 e. The topological polar surface area (TPSA) is 15.3 Å². The number of benzene rings is 1. The second-order valence-electron chi connectivity index (χ2n) is 3.78. The lowest BCUT2D eigenvalue weighted by atomic mass is 10.1. The summed E-state index contributed by atoms with van der Waals surface area (Å²) in [5.41, 5.74) is 2.79. The number of anilines is 1. The molecule has 13 heavy (non-hydrogen) atoms. The normalized spacial score (nSPS) is 16.1. The third-order valence-electron chi connectivity index (χ3n) is 2.52. The van der Waals surface area contributed by atoms with Gasteiger partial charge in [0.15, 0.2) is 0 Å². The summed E-state index contributed by atoms with van der Waals surface area (Å²) in [6.45, 7) is 6.42. The van der Waals surface area contributed by atoms with E-state index in [4.69, 9.17) is 0 Å². The van der Waals surface area contributed by atoms with E-state index in [-0.39, 0.29) is 0 Å². The molecule has 2 rings (SSSR count). The van der Waals surface area contributed by atoms with Gasteiger partial charge in [0.05, 0.1) is 6.67 Å². The molecule has 0 amide bonds. The summed E-state index contributed by atoms with van der Waals surface area (Å²) in [7, 11) is 0. The summed E-state index contributed by atoms with van der Waals surface area (Å²) in [6.07, 6.45) is 0. The molecule has 0 atom stereocenters. The van der Waals surface area contributed by atoms with Crippen molar-refractivity contribution in [2.45, 2.75) is 26.4 Å². The van der Waals surface area contributed by atoms with Crippen molar-refractivity contribution in [2.75, 3.05) is 11.6 Å². The highest BCUT2D eigenvalue weighted by Crippen LogP contribution is 2.24. The van der Waals surface area contributed by atoms with E-state index in [0.717, 1.165) is 13.2 Å². The first-order chi connectivity index (χ1) is 6.29. The van der Waals surface area contributed by atoms with Gasteiger partial charge in [-0.1, -0.05) is 18.2 Å². The number of para-hydroxylation sites is 1. The highest BCUT2D eigenvalue weighted by molar-refractivity contribution is 5.55. The molecule has 1 aromatic rings. The van der Waals surface area contributed by atoms with Crippen molar-refractivity contribution in [2.24, 2.45) is 0 Å². The number of nitrogens with zero attached hydrogens (tertiary/aromatic N) is 1. The Kier molecular flexibility index (Phi) is 2.23. The Morgan fingerprint density at radius 3 is 2.85 bits per heavy atom. The SMILES string of the molecule is CC(C)N1CNCc2ccccc21. The van der Waals surface area contributed by atoms with Crippen LogP contribution in [0.15, 0.2) is 24.3 Å². The Labute approximate surface area is 79.6 Å². The van der Waals surface area contributed by atoms with Crippen LogP contribution in [0.5, 0.6) is 0 Å². The molecule has 0 spiro atoms. The number of hydrogen-bond donors (Lipinski definition) is 1. The maximum Gasteiger partial charge on any atom is 0.0687 e. The Morgan fingerprint density at radius 1 is 1.31 bits per heavy atom. The molecule has 0 saturated heterocycles. The highest BCUT2D eigenvalue weighted by Gasteiger charge is 2.17. The van der Waals surface area contributed by atoms with Crippen LogP contribution in [0.25, 0.3) is 0 Å². The fourth-order valence-corrected chi connectivity index (χ4v) is 1.80. The molecule has 1 aliphatic rings. The van der Waals surface area contributed by atoms with Gasteiger partial charge < -0.3 is 4.90 Å².